The third-order valence-corrected chi connectivity index (χ3v) is 5.24. The van der Waals surface area contributed by atoms with Crippen molar-refractivity contribution in [1.82, 2.24) is 0 Å². The molecule has 1 aromatic carbocycles. The maximum Gasteiger partial charge on any atom is 0.321 e. The Bertz CT molecular complexity index is 838. The van der Waals surface area contributed by atoms with Crippen LogP contribution >= 0.6 is 0 Å². The highest BCUT2D eigenvalue weighted by atomic mass is 16.6. The van der Waals surface area contributed by atoms with E-state index >= 15 is 0 Å². The van der Waals surface area contributed by atoms with E-state index in [-0.39, 0.29) is 43.3 Å². The van der Waals surface area contributed by atoms with Crippen LogP contribution in [0.3, 0.4) is 0 Å². The van der Waals surface area contributed by atoms with Gasteiger partial charge in [-0.25, -0.2) is 0 Å². The average molecular weight is 480 g/mol. The number of carboxylic acid groups (broad SMARTS) is 1. The van der Waals surface area contributed by atoms with Crippen LogP contribution in [0.25, 0.3) is 0 Å². The number of benzene rings is 1. The maximum absolute atomic E-state index is 12.2. The van der Waals surface area contributed by atoms with Gasteiger partial charge < -0.3 is 25.1 Å². The summed E-state index contributed by atoms with van der Waals surface area (Å²) in [5, 5.41) is 9.59. The summed E-state index contributed by atoms with van der Waals surface area (Å²) >= 11 is 0. The Balaban J connectivity index is 3.27. The molecule has 0 radical (unpaired) electrons. The van der Waals surface area contributed by atoms with Crippen molar-refractivity contribution < 1.29 is 38.5 Å². The second-order valence-electron chi connectivity index (χ2n) is 8.31. The van der Waals surface area contributed by atoms with E-state index in [9.17, 15) is 24.3 Å². The van der Waals surface area contributed by atoms with Crippen LogP contribution in [-0.4, -0.2) is 41.6 Å². The molecule has 1 rings (SSSR count). The van der Waals surface area contributed by atoms with Gasteiger partial charge >= 0.3 is 23.9 Å². The normalized spacial score (nSPS) is 13.4. The predicted octanol–water partition coefficient (Wildman–Crippen LogP) is 3.96. The number of unbranched alkanes of at least 4 members (excludes halogenated alkanes) is 1. The van der Waals surface area contributed by atoms with E-state index < -0.39 is 35.8 Å². The standard InChI is InChI=1S/C25H37NO8/c1-5-8-11-20(27)32-15-16(4)23(24(26)25(30)31)17-12-13-18(33-21(28)9-6-2)19(14-17)34-22(29)10-7-3/h12-14,16,23-24H,5-11,15,26H2,1-4H3,(H,30,31)/t16?,23?,24-/m0/s1. The number of nitrogens with two attached hydrogens (primary N) is 1. The SMILES string of the molecule is CCCCC(=O)OCC(C)C(c1ccc(OC(=O)CCC)c(OC(=O)CCC)c1)[C@H](N)C(=O)O. The van der Waals surface area contributed by atoms with Crippen molar-refractivity contribution in [3.05, 3.63) is 23.8 Å². The quantitative estimate of drug-likeness (QED) is 0.282. The van der Waals surface area contributed by atoms with Crippen molar-refractivity contribution in [3.8, 4) is 11.5 Å². The number of ether oxygens (including phenoxy) is 3. The van der Waals surface area contributed by atoms with Crippen molar-refractivity contribution in [2.45, 2.75) is 84.6 Å². The molecule has 0 amide bonds. The third kappa shape index (κ3) is 9.51. The van der Waals surface area contributed by atoms with Gasteiger partial charge in [0.15, 0.2) is 11.5 Å². The summed E-state index contributed by atoms with van der Waals surface area (Å²) < 4.78 is 16.1. The van der Waals surface area contributed by atoms with E-state index in [0.29, 0.717) is 24.8 Å². The molecular formula is C25H37NO8. The molecule has 0 heterocycles. The molecule has 9 nitrogen and oxygen atoms in total. The van der Waals surface area contributed by atoms with Crippen molar-refractivity contribution in [2.75, 3.05) is 6.61 Å². The van der Waals surface area contributed by atoms with Gasteiger partial charge in [0.1, 0.15) is 6.04 Å². The number of esters is 3. The molecule has 3 N–H and O–H groups in total. The molecule has 0 saturated carbocycles. The molecule has 0 bridgehead atoms. The largest absolute Gasteiger partial charge is 0.480 e. The lowest BCUT2D eigenvalue weighted by atomic mass is 9.82. The summed E-state index contributed by atoms with van der Waals surface area (Å²) in [5.41, 5.74) is 6.46. The van der Waals surface area contributed by atoms with E-state index in [1.807, 2.05) is 20.8 Å². The molecule has 1 aromatic rings. The van der Waals surface area contributed by atoms with Gasteiger partial charge in [-0.05, 0) is 42.9 Å². The first-order valence-electron chi connectivity index (χ1n) is 11.8. The Hall–Kier alpha value is -2.94. The zero-order valence-electron chi connectivity index (χ0n) is 20.5. The van der Waals surface area contributed by atoms with Gasteiger partial charge in [-0.3, -0.25) is 19.2 Å². The highest BCUT2D eigenvalue weighted by molar-refractivity contribution is 5.77. The number of aliphatic carboxylic acids is 1. The topological polar surface area (TPSA) is 142 Å². The van der Waals surface area contributed by atoms with E-state index in [1.165, 1.54) is 12.1 Å². The van der Waals surface area contributed by atoms with Crippen molar-refractivity contribution >= 4 is 23.9 Å². The summed E-state index contributed by atoms with van der Waals surface area (Å²) in [5.74, 6) is -3.72. The summed E-state index contributed by atoms with van der Waals surface area (Å²) in [6, 6.07) is 3.19. The lowest BCUT2D eigenvalue weighted by Crippen LogP contribution is -2.40. The number of carboxylic acids is 1. The first-order valence-corrected chi connectivity index (χ1v) is 11.8. The fraction of sp³-hybridized carbons (Fsp3) is 0.600. The number of hydrogen-bond acceptors (Lipinski definition) is 8. The maximum atomic E-state index is 12.2. The molecule has 0 aliphatic heterocycles. The van der Waals surface area contributed by atoms with E-state index in [0.717, 1.165) is 6.42 Å². The third-order valence-electron chi connectivity index (χ3n) is 5.24. The lowest BCUT2D eigenvalue weighted by Gasteiger charge is -2.28. The molecule has 0 aliphatic rings. The van der Waals surface area contributed by atoms with Crippen LogP contribution in [-0.2, 0) is 23.9 Å². The Morgan fingerprint density at radius 1 is 0.882 bits per heavy atom. The number of carbonyl (C=O) groups excluding carboxylic acids is 3. The molecule has 34 heavy (non-hydrogen) atoms. The Kier molecular flexibility index (Phi) is 12.9. The fourth-order valence-corrected chi connectivity index (χ4v) is 3.42. The van der Waals surface area contributed by atoms with Crippen molar-refractivity contribution in [1.29, 1.82) is 0 Å². The Morgan fingerprint density at radius 3 is 2.00 bits per heavy atom. The molecule has 0 spiro atoms. The summed E-state index contributed by atoms with van der Waals surface area (Å²) in [4.78, 5) is 47.8. The van der Waals surface area contributed by atoms with Gasteiger partial charge in [-0.15, -0.1) is 0 Å². The van der Waals surface area contributed by atoms with Crippen LogP contribution < -0.4 is 15.2 Å². The molecule has 2 unspecified atom stereocenters. The second kappa shape index (κ2) is 15.1. The van der Waals surface area contributed by atoms with Gasteiger partial charge in [0, 0.05) is 25.2 Å². The summed E-state index contributed by atoms with van der Waals surface area (Å²) in [6.45, 7) is 7.34. The highest BCUT2D eigenvalue weighted by Crippen LogP contribution is 2.36. The van der Waals surface area contributed by atoms with Gasteiger partial charge in [0.05, 0.1) is 6.61 Å². The fourth-order valence-electron chi connectivity index (χ4n) is 3.42. The molecule has 0 aromatic heterocycles. The lowest BCUT2D eigenvalue weighted by molar-refractivity contribution is -0.145. The molecule has 0 fully saturated rings. The van der Waals surface area contributed by atoms with Crippen LogP contribution in [0.4, 0.5) is 0 Å². The Labute approximate surface area is 200 Å². The Morgan fingerprint density at radius 2 is 1.47 bits per heavy atom. The molecule has 3 atom stereocenters. The molecule has 9 heteroatoms. The monoisotopic (exact) mass is 479 g/mol. The van der Waals surface area contributed by atoms with Crippen LogP contribution in [0.1, 0.15) is 84.1 Å². The molecule has 0 aliphatic carbocycles. The predicted molar refractivity (Wildman–Crippen MR) is 126 cm³/mol. The molecular weight excluding hydrogens is 442 g/mol. The highest BCUT2D eigenvalue weighted by Gasteiger charge is 2.32. The smallest absolute Gasteiger partial charge is 0.321 e. The van der Waals surface area contributed by atoms with E-state index in [1.54, 1.807) is 13.0 Å². The first-order chi connectivity index (χ1) is 16.1. The number of carbonyl (C=O) groups is 4. The van der Waals surface area contributed by atoms with Gasteiger partial charge in [0.25, 0.3) is 0 Å². The van der Waals surface area contributed by atoms with E-state index in [4.69, 9.17) is 19.9 Å². The van der Waals surface area contributed by atoms with Crippen molar-refractivity contribution in [3.63, 3.8) is 0 Å². The van der Waals surface area contributed by atoms with Crippen LogP contribution in [0.5, 0.6) is 11.5 Å². The summed E-state index contributed by atoms with van der Waals surface area (Å²) in [7, 11) is 0. The van der Waals surface area contributed by atoms with Crippen LogP contribution in [0.15, 0.2) is 18.2 Å². The molecule has 0 saturated heterocycles. The minimum atomic E-state index is -1.31. The van der Waals surface area contributed by atoms with Gasteiger partial charge in [-0.1, -0.05) is 40.2 Å². The van der Waals surface area contributed by atoms with Crippen LogP contribution in [0, 0.1) is 5.92 Å². The zero-order valence-corrected chi connectivity index (χ0v) is 20.5. The molecule has 190 valence electrons. The number of rotatable bonds is 15. The minimum absolute atomic E-state index is 0.00938. The van der Waals surface area contributed by atoms with Gasteiger partial charge in [-0.2, -0.15) is 0 Å². The number of hydrogen-bond donors (Lipinski definition) is 2. The zero-order chi connectivity index (χ0) is 25.7. The summed E-state index contributed by atoms with van der Waals surface area (Å²) in [6.07, 6.45) is 3.35. The average Bonchev–Trinajstić information content (AvgIpc) is 2.78. The van der Waals surface area contributed by atoms with Crippen molar-refractivity contribution in [2.24, 2.45) is 11.7 Å². The van der Waals surface area contributed by atoms with E-state index in [2.05, 4.69) is 0 Å². The first kappa shape index (κ1) is 29.1. The minimum Gasteiger partial charge on any atom is -0.480 e. The second-order valence-corrected chi connectivity index (χ2v) is 8.31. The van der Waals surface area contributed by atoms with Crippen LogP contribution in [0.2, 0.25) is 0 Å². The van der Waals surface area contributed by atoms with Gasteiger partial charge in [0.2, 0.25) is 0 Å².